The summed E-state index contributed by atoms with van der Waals surface area (Å²) in [7, 11) is 0. The maximum atomic E-state index is 11.5. The Morgan fingerprint density at radius 2 is 2.22 bits per heavy atom. The lowest BCUT2D eigenvalue weighted by molar-refractivity contribution is -0.123. The van der Waals surface area contributed by atoms with Crippen LogP contribution in [-0.4, -0.2) is 23.7 Å². The maximum absolute atomic E-state index is 11.5. The van der Waals surface area contributed by atoms with E-state index in [9.17, 15) is 9.90 Å². The van der Waals surface area contributed by atoms with Crippen LogP contribution in [0.15, 0.2) is 24.3 Å². The summed E-state index contributed by atoms with van der Waals surface area (Å²) in [5.74, 6) is 0.482. The van der Waals surface area contributed by atoms with Gasteiger partial charge in [-0.15, -0.1) is 0 Å². The smallest absolute Gasteiger partial charge is 0.258 e. The van der Waals surface area contributed by atoms with Gasteiger partial charge >= 0.3 is 0 Å². The van der Waals surface area contributed by atoms with E-state index in [0.29, 0.717) is 18.2 Å². The van der Waals surface area contributed by atoms with E-state index in [-0.39, 0.29) is 12.5 Å². The molecule has 0 aromatic heterocycles. The van der Waals surface area contributed by atoms with E-state index in [1.54, 1.807) is 6.07 Å². The van der Waals surface area contributed by atoms with E-state index in [4.69, 9.17) is 4.74 Å². The van der Waals surface area contributed by atoms with Crippen molar-refractivity contribution in [2.75, 3.05) is 6.61 Å². The van der Waals surface area contributed by atoms with Gasteiger partial charge in [-0.1, -0.05) is 25.1 Å². The molecular weight excluding hydrogens is 230 g/mol. The fourth-order valence-corrected chi connectivity index (χ4v) is 1.75. The van der Waals surface area contributed by atoms with Crippen molar-refractivity contribution in [3.05, 3.63) is 29.8 Å². The average Bonchev–Trinajstić information content (AvgIpc) is 3.19. The van der Waals surface area contributed by atoms with Gasteiger partial charge in [0.2, 0.25) is 0 Å². The van der Waals surface area contributed by atoms with Crippen molar-refractivity contribution in [1.82, 2.24) is 5.32 Å². The topological polar surface area (TPSA) is 58.6 Å². The van der Waals surface area contributed by atoms with Gasteiger partial charge in [0.25, 0.3) is 5.91 Å². The molecule has 0 radical (unpaired) electrons. The summed E-state index contributed by atoms with van der Waals surface area (Å²) in [6, 6.07) is 7.63. The number of hydrogen-bond donors (Lipinski definition) is 2. The molecule has 1 aliphatic rings. The van der Waals surface area contributed by atoms with Gasteiger partial charge in [0.15, 0.2) is 6.61 Å². The molecule has 0 bridgehead atoms. The van der Waals surface area contributed by atoms with Crippen LogP contribution in [0.4, 0.5) is 0 Å². The highest BCUT2D eigenvalue weighted by atomic mass is 16.5. The second-order valence-electron chi connectivity index (χ2n) is 4.59. The highest BCUT2D eigenvalue weighted by Gasteiger charge is 2.23. The third-order valence-electron chi connectivity index (χ3n) is 2.97. The molecular formula is C14H19NO3. The van der Waals surface area contributed by atoms with Crippen LogP contribution in [0.5, 0.6) is 5.75 Å². The quantitative estimate of drug-likeness (QED) is 0.808. The number of ether oxygens (including phenoxy) is 1. The Balaban J connectivity index is 1.93. The Morgan fingerprint density at radius 1 is 1.50 bits per heavy atom. The number of amides is 1. The Hall–Kier alpha value is -1.55. The molecule has 2 N–H and O–H groups in total. The normalized spacial score (nSPS) is 16.1. The second kappa shape index (κ2) is 5.87. The fraction of sp³-hybridized carbons (Fsp3) is 0.500. The number of hydrogen-bond acceptors (Lipinski definition) is 3. The molecule has 18 heavy (non-hydrogen) atoms. The van der Waals surface area contributed by atoms with Crippen molar-refractivity contribution in [1.29, 1.82) is 0 Å². The van der Waals surface area contributed by atoms with Crippen LogP contribution in [0.3, 0.4) is 0 Å². The largest absolute Gasteiger partial charge is 0.483 e. The van der Waals surface area contributed by atoms with Crippen LogP contribution in [0.2, 0.25) is 0 Å². The average molecular weight is 249 g/mol. The highest BCUT2D eigenvalue weighted by molar-refractivity contribution is 5.78. The van der Waals surface area contributed by atoms with Gasteiger partial charge in [-0.3, -0.25) is 4.79 Å². The van der Waals surface area contributed by atoms with Crippen molar-refractivity contribution < 1.29 is 14.6 Å². The summed E-state index contributed by atoms with van der Waals surface area (Å²) in [6.45, 7) is 1.91. The summed E-state index contributed by atoms with van der Waals surface area (Å²) in [6.07, 6.45) is 2.20. The first-order valence-electron chi connectivity index (χ1n) is 6.40. The van der Waals surface area contributed by atoms with E-state index in [1.807, 2.05) is 25.1 Å². The van der Waals surface area contributed by atoms with Crippen molar-refractivity contribution in [3.63, 3.8) is 0 Å². The van der Waals surface area contributed by atoms with Crippen LogP contribution >= 0.6 is 0 Å². The summed E-state index contributed by atoms with van der Waals surface area (Å²) in [5.41, 5.74) is 0.735. The van der Waals surface area contributed by atoms with E-state index in [1.165, 1.54) is 0 Å². The van der Waals surface area contributed by atoms with E-state index in [2.05, 4.69) is 5.32 Å². The molecule has 4 nitrogen and oxygen atoms in total. The van der Waals surface area contributed by atoms with Gasteiger partial charge in [0.05, 0.1) is 6.10 Å². The molecule has 1 aromatic carbocycles. The van der Waals surface area contributed by atoms with E-state index >= 15 is 0 Å². The molecule has 0 spiro atoms. The molecule has 0 unspecified atom stereocenters. The van der Waals surface area contributed by atoms with Gasteiger partial charge in [-0.25, -0.2) is 0 Å². The van der Waals surface area contributed by atoms with E-state index < -0.39 is 6.10 Å². The van der Waals surface area contributed by atoms with Crippen LogP contribution in [-0.2, 0) is 4.79 Å². The van der Waals surface area contributed by atoms with Gasteiger partial charge in [-0.05, 0) is 25.3 Å². The first-order valence-corrected chi connectivity index (χ1v) is 6.40. The van der Waals surface area contributed by atoms with Crippen molar-refractivity contribution in [2.24, 2.45) is 0 Å². The van der Waals surface area contributed by atoms with Gasteiger partial charge < -0.3 is 15.2 Å². The Morgan fingerprint density at radius 3 is 2.89 bits per heavy atom. The SMILES string of the molecule is CC[C@H](O)c1ccccc1OCC(=O)NC1CC1. The molecule has 1 atom stereocenters. The monoisotopic (exact) mass is 249 g/mol. The summed E-state index contributed by atoms with van der Waals surface area (Å²) < 4.78 is 5.48. The zero-order valence-corrected chi connectivity index (χ0v) is 10.6. The number of para-hydroxylation sites is 1. The molecule has 1 aliphatic carbocycles. The van der Waals surface area contributed by atoms with Crippen molar-refractivity contribution >= 4 is 5.91 Å². The predicted octanol–water partition coefficient (Wildman–Crippen LogP) is 1.79. The standard InChI is InChI=1S/C14H19NO3/c1-2-12(16)11-5-3-4-6-13(11)18-9-14(17)15-10-7-8-10/h3-6,10,12,16H,2,7-9H2,1H3,(H,15,17)/t12-/m0/s1. The molecule has 4 heteroatoms. The Bertz CT molecular complexity index is 415. The van der Waals surface area contributed by atoms with Crippen LogP contribution in [0.25, 0.3) is 0 Å². The maximum Gasteiger partial charge on any atom is 0.258 e. The number of nitrogens with one attached hydrogen (secondary N) is 1. The Kier molecular flexibility index (Phi) is 4.20. The highest BCUT2D eigenvalue weighted by Crippen LogP contribution is 2.26. The minimum absolute atomic E-state index is 0.00392. The molecule has 1 saturated carbocycles. The lowest BCUT2D eigenvalue weighted by Crippen LogP contribution is -2.30. The van der Waals surface area contributed by atoms with Crippen LogP contribution in [0.1, 0.15) is 37.9 Å². The molecule has 2 rings (SSSR count). The number of carbonyl (C=O) groups excluding carboxylic acids is 1. The van der Waals surface area contributed by atoms with Gasteiger partial charge in [-0.2, -0.15) is 0 Å². The second-order valence-corrected chi connectivity index (χ2v) is 4.59. The number of aliphatic hydroxyl groups excluding tert-OH is 1. The molecule has 0 aliphatic heterocycles. The molecule has 1 amide bonds. The summed E-state index contributed by atoms with van der Waals surface area (Å²) in [4.78, 5) is 11.5. The van der Waals surface area contributed by atoms with E-state index in [0.717, 1.165) is 18.4 Å². The third kappa shape index (κ3) is 3.47. The molecule has 1 fully saturated rings. The first-order chi connectivity index (χ1) is 8.70. The third-order valence-corrected chi connectivity index (χ3v) is 2.97. The lowest BCUT2D eigenvalue weighted by atomic mass is 10.1. The van der Waals surface area contributed by atoms with Crippen molar-refractivity contribution in [2.45, 2.75) is 38.3 Å². The van der Waals surface area contributed by atoms with Gasteiger partial charge in [0.1, 0.15) is 5.75 Å². The molecule has 0 saturated heterocycles. The summed E-state index contributed by atoms with van der Waals surface area (Å²) >= 11 is 0. The molecule has 1 aromatic rings. The molecule has 98 valence electrons. The van der Waals surface area contributed by atoms with Crippen molar-refractivity contribution in [3.8, 4) is 5.75 Å². The van der Waals surface area contributed by atoms with Gasteiger partial charge in [0, 0.05) is 11.6 Å². The first kappa shape index (κ1) is 12.9. The zero-order valence-electron chi connectivity index (χ0n) is 10.6. The number of aliphatic hydroxyl groups is 1. The van der Waals surface area contributed by atoms with Crippen LogP contribution < -0.4 is 10.1 Å². The Labute approximate surface area is 107 Å². The minimum Gasteiger partial charge on any atom is -0.483 e. The zero-order chi connectivity index (χ0) is 13.0. The minimum atomic E-state index is -0.548. The number of rotatable bonds is 6. The predicted molar refractivity (Wildman–Crippen MR) is 68.4 cm³/mol. The summed E-state index contributed by atoms with van der Waals surface area (Å²) in [5, 5.41) is 12.7. The number of benzene rings is 1. The molecule has 0 heterocycles. The van der Waals surface area contributed by atoms with Crippen LogP contribution in [0, 0.1) is 0 Å². The lowest BCUT2D eigenvalue weighted by Gasteiger charge is -2.14. The number of carbonyl (C=O) groups is 1. The fourth-order valence-electron chi connectivity index (χ4n) is 1.75.